The first kappa shape index (κ1) is 14.5. The molecule has 3 nitrogen and oxygen atoms in total. The van der Waals surface area contributed by atoms with Crippen molar-refractivity contribution >= 4 is 17.2 Å². The van der Waals surface area contributed by atoms with Crippen LogP contribution in [-0.2, 0) is 4.79 Å². The normalized spacial score (nSPS) is 24.6. The molecule has 1 saturated carbocycles. The van der Waals surface area contributed by atoms with E-state index in [9.17, 15) is 9.90 Å². The van der Waals surface area contributed by atoms with Crippen LogP contribution in [0.1, 0.15) is 50.4 Å². The number of nitrogens with one attached hydrogen (secondary N) is 1. The van der Waals surface area contributed by atoms with Crippen LogP contribution in [0.5, 0.6) is 0 Å². The van der Waals surface area contributed by atoms with Gasteiger partial charge in [-0.2, -0.15) is 0 Å². The molecule has 19 heavy (non-hydrogen) atoms. The third-order valence-corrected chi connectivity index (χ3v) is 4.71. The molecule has 1 aromatic heterocycles. The van der Waals surface area contributed by atoms with Crippen molar-refractivity contribution in [3.8, 4) is 0 Å². The van der Waals surface area contributed by atoms with Gasteiger partial charge in [-0.05, 0) is 43.0 Å². The van der Waals surface area contributed by atoms with Crippen LogP contribution in [0.3, 0.4) is 0 Å². The van der Waals surface area contributed by atoms with Crippen molar-refractivity contribution < 1.29 is 9.90 Å². The van der Waals surface area contributed by atoms with E-state index >= 15 is 0 Å². The van der Waals surface area contributed by atoms with Crippen LogP contribution in [0.15, 0.2) is 17.5 Å². The molecule has 106 valence electrons. The first-order valence-electron chi connectivity index (χ1n) is 7.09. The monoisotopic (exact) mass is 281 g/mol. The Kier molecular flexibility index (Phi) is 4.99. The summed E-state index contributed by atoms with van der Waals surface area (Å²) < 4.78 is 0. The van der Waals surface area contributed by atoms with Gasteiger partial charge in [0.1, 0.15) is 0 Å². The van der Waals surface area contributed by atoms with Gasteiger partial charge in [-0.15, -0.1) is 11.3 Å². The average Bonchev–Trinajstić information content (AvgIpc) is 2.97. The molecule has 1 aliphatic carbocycles. The van der Waals surface area contributed by atoms with Crippen LogP contribution in [0.25, 0.3) is 0 Å². The van der Waals surface area contributed by atoms with Gasteiger partial charge in [0.15, 0.2) is 0 Å². The first-order valence-corrected chi connectivity index (χ1v) is 7.97. The molecule has 1 amide bonds. The summed E-state index contributed by atoms with van der Waals surface area (Å²) in [6.07, 6.45) is 3.00. The number of rotatable bonds is 5. The fourth-order valence-electron chi connectivity index (χ4n) is 2.73. The average molecular weight is 281 g/mol. The molecule has 3 atom stereocenters. The quantitative estimate of drug-likeness (QED) is 0.871. The second-order valence-corrected chi connectivity index (χ2v) is 6.79. The third kappa shape index (κ3) is 3.80. The Balaban J connectivity index is 2.01. The summed E-state index contributed by atoms with van der Waals surface area (Å²) in [5.41, 5.74) is 0. The van der Waals surface area contributed by atoms with E-state index in [2.05, 4.69) is 25.2 Å². The maximum atomic E-state index is 12.3. The van der Waals surface area contributed by atoms with Gasteiger partial charge in [-0.1, -0.05) is 19.9 Å². The van der Waals surface area contributed by atoms with Crippen LogP contribution in [-0.4, -0.2) is 17.1 Å². The molecule has 4 heteroatoms. The highest BCUT2D eigenvalue weighted by Crippen LogP contribution is 2.29. The molecule has 3 unspecified atom stereocenters. The van der Waals surface area contributed by atoms with Crippen LogP contribution in [0, 0.1) is 11.8 Å². The fourth-order valence-corrected chi connectivity index (χ4v) is 3.52. The minimum atomic E-state index is -0.456. The largest absolute Gasteiger partial charge is 0.392 e. The smallest absolute Gasteiger partial charge is 0.226 e. The number of carbonyl (C=O) groups is 1. The summed E-state index contributed by atoms with van der Waals surface area (Å²) >= 11 is 1.68. The van der Waals surface area contributed by atoms with Crippen molar-refractivity contribution in [2.45, 2.75) is 51.7 Å². The van der Waals surface area contributed by atoms with Crippen molar-refractivity contribution in [3.63, 3.8) is 0 Å². The molecule has 2 N–H and O–H groups in total. The van der Waals surface area contributed by atoms with Crippen molar-refractivity contribution in [2.24, 2.45) is 11.8 Å². The number of amides is 1. The second-order valence-electron chi connectivity index (χ2n) is 5.81. The predicted molar refractivity (Wildman–Crippen MR) is 78.0 cm³/mol. The van der Waals surface area contributed by atoms with E-state index in [1.54, 1.807) is 11.3 Å². The molecule has 1 aromatic rings. The molecule has 1 heterocycles. The van der Waals surface area contributed by atoms with Crippen molar-refractivity contribution in [1.82, 2.24) is 5.32 Å². The molecule has 0 aliphatic heterocycles. The molecule has 0 spiro atoms. The lowest BCUT2D eigenvalue weighted by atomic mass is 10.00. The lowest BCUT2D eigenvalue weighted by Gasteiger charge is -2.22. The van der Waals surface area contributed by atoms with Crippen molar-refractivity contribution in [1.29, 1.82) is 0 Å². The Bertz CT molecular complexity index is 402. The van der Waals surface area contributed by atoms with Crippen LogP contribution >= 0.6 is 11.3 Å². The van der Waals surface area contributed by atoms with E-state index in [0.29, 0.717) is 5.92 Å². The summed E-state index contributed by atoms with van der Waals surface area (Å²) in [6.45, 7) is 4.33. The zero-order valence-corrected chi connectivity index (χ0v) is 12.5. The zero-order chi connectivity index (χ0) is 13.8. The zero-order valence-electron chi connectivity index (χ0n) is 11.6. The summed E-state index contributed by atoms with van der Waals surface area (Å²) in [6, 6.07) is 4.17. The van der Waals surface area contributed by atoms with E-state index in [0.717, 1.165) is 25.7 Å². The summed E-state index contributed by atoms with van der Waals surface area (Å²) in [5.74, 6) is 0.333. The van der Waals surface area contributed by atoms with E-state index in [1.807, 2.05) is 11.4 Å². The van der Waals surface area contributed by atoms with Gasteiger partial charge in [0.05, 0.1) is 18.1 Å². The summed E-state index contributed by atoms with van der Waals surface area (Å²) in [7, 11) is 0. The van der Waals surface area contributed by atoms with Gasteiger partial charge in [0.2, 0.25) is 5.91 Å². The Morgan fingerprint density at radius 3 is 2.84 bits per heavy atom. The van der Waals surface area contributed by atoms with Crippen molar-refractivity contribution in [3.05, 3.63) is 22.4 Å². The summed E-state index contributed by atoms with van der Waals surface area (Å²) in [4.78, 5) is 13.5. The molecule has 0 aromatic carbocycles. The van der Waals surface area contributed by atoms with E-state index in [-0.39, 0.29) is 17.9 Å². The molecular weight excluding hydrogens is 258 g/mol. The first-order chi connectivity index (χ1) is 9.08. The minimum absolute atomic E-state index is 0.0176. The van der Waals surface area contributed by atoms with Gasteiger partial charge in [-0.25, -0.2) is 0 Å². The van der Waals surface area contributed by atoms with Crippen LogP contribution < -0.4 is 5.32 Å². The fraction of sp³-hybridized carbons (Fsp3) is 0.667. The number of thiophene rings is 1. The maximum Gasteiger partial charge on any atom is 0.226 e. The highest BCUT2D eigenvalue weighted by Gasteiger charge is 2.32. The summed E-state index contributed by atoms with van der Waals surface area (Å²) in [5, 5.41) is 15.0. The molecule has 0 bridgehead atoms. The van der Waals surface area contributed by atoms with Gasteiger partial charge < -0.3 is 10.4 Å². The van der Waals surface area contributed by atoms with E-state index in [1.165, 1.54) is 4.88 Å². The van der Waals surface area contributed by atoms with Crippen LogP contribution in [0.2, 0.25) is 0 Å². The van der Waals surface area contributed by atoms with Gasteiger partial charge >= 0.3 is 0 Å². The van der Waals surface area contributed by atoms with E-state index < -0.39 is 6.10 Å². The van der Waals surface area contributed by atoms with Crippen LogP contribution in [0.4, 0.5) is 0 Å². The molecule has 0 radical (unpaired) electrons. The highest BCUT2D eigenvalue weighted by molar-refractivity contribution is 7.10. The Hall–Kier alpha value is -0.870. The Morgan fingerprint density at radius 1 is 1.53 bits per heavy atom. The van der Waals surface area contributed by atoms with Gasteiger partial charge in [-0.3, -0.25) is 4.79 Å². The number of hydrogen-bond donors (Lipinski definition) is 2. The van der Waals surface area contributed by atoms with Crippen molar-refractivity contribution in [2.75, 3.05) is 0 Å². The lowest BCUT2D eigenvalue weighted by molar-refractivity contribution is -0.128. The van der Waals surface area contributed by atoms with Gasteiger partial charge in [0.25, 0.3) is 0 Å². The molecule has 1 aliphatic rings. The second kappa shape index (κ2) is 6.53. The van der Waals surface area contributed by atoms with E-state index in [4.69, 9.17) is 0 Å². The molecular formula is C15H23NO2S. The number of carbonyl (C=O) groups excluding carboxylic acids is 1. The highest BCUT2D eigenvalue weighted by atomic mass is 32.1. The molecule has 1 fully saturated rings. The Labute approximate surface area is 119 Å². The minimum Gasteiger partial charge on any atom is -0.392 e. The topological polar surface area (TPSA) is 49.3 Å². The number of aliphatic hydroxyl groups is 1. The van der Waals surface area contributed by atoms with Gasteiger partial charge in [0, 0.05) is 4.88 Å². The maximum absolute atomic E-state index is 12.3. The number of hydrogen-bond acceptors (Lipinski definition) is 3. The number of aliphatic hydroxyl groups excluding tert-OH is 1. The molecule has 2 rings (SSSR count). The standard InChI is InChI=1S/C15H23NO2S/c1-10(2)9-12(14-7-4-8-19-14)16-15(18)11-5-3-6-13(11)17/h4,7-8,10-13,17H,3,5-6,9H2,1-2H3,(H,16,18). The predicted octanol–water partition coefficient (Wildman–Crippen LogP) is 3.11. The third-order valence-electron chi connectivity index (χ3n) is 3.73. The Morgan fingerprint density at radius 2 is 2.32 bits per heavy atom. The lowest BCUT2D eigenvalue weighted by Crippen LogP contribution is -2.37. The molecule has 0 saturated heterocycles. The SMILES string of the molecule is CC(C)CC(NC(=O)C1CCCC1O)c1cccs1.